The summed E-state index contributed by atoms with van der Waals surface area (Å²) in [5.74, 6) is -2.00. The molecule has 0 fully saturated rings. The van der Waals surface area contributed by atoms with E-state index >= 15 is 0 Å². The summed E-state index contributed by atoms with van der Waals surface area (Å²) in [7, 11) is -4.11. The van der Waals surface area contributed by atoms with Gasteiger partial charge in [0.25, 0.3) is 0 Å². The number of rotatable bonds is 9. The van der Waals surface area contributed by atoms with Crippen LogP contribution in [0, 0.1) is 0 Å². The summed E-state index contributed by atoms with van der Waals surface area (Å²) in [6.45, 7) is 9.31. The zero-order valence-electron chi connectivity index (χ0n) is 15.9. The third-order valence-electron chi connectivity index (χ3n) is 4.15. The second kappa shape index (κ2) is 9.14. The lowest BCUT2D eigenvalue weighted by Crippen LogP contribution is -2.48. The highest BCUT2D eigenvalue weighted by molar-refractivity contribution is 7.89. The molecule has 0 spiro atoms. The van der Waals surface area contributed by atoms with Crippen molar-refractivity contribution in [2.75, 3.05) is 13.2 Å². The predicted octanol–water partition coefficient (Wildman–Crippen LogP) is 2.15. The van der Waals surface area contributed by atoms with Crippen molar-refractivity contribution in [3.05, 3.63) is 29.8 Å². The van der Waals surface area contributed by atoms with Crippen LogP contribution in [-0.4, -0.2) is 39.6 Å². The number of hydrogen-bond donors (Lipinski definition) is 1. The maximum Gasteiger partial charge on any atom is 0.335 e. The van der Waals surface area contributed by atoms with Crippen molar-refractivity contribution in [2.45, 2.75) is 57.4 Å². The Kier molecular flexibility index (Phi) is 7.77. The van der Waals surface area contributed by atoms with Crippen molar-refractivity contribution in [2.24, 2.45) is 0 Å². The van der Waals surface area contributed by atoms with Crippen LogP contribution < -0.4 is 4.72 Å². The van der Waals surface area contributed by atoms with Crippen LogP contribution in [0.25, 0.3) is 0 Å². The van der Waals surface area contributed by atoms with Gasteiger partial charge < -0.3 is 9.47 Å². The van der Waals surface area contributed by atoms with Crippen LogP contribution in [0.2, 0.25) is 0 Å². The summed E-state index contributed by atoms with van der Waals surface area (Å²) in [6, 6.07) is 4.60. The Labute approximate surface area is 155 Å². The molecule has 8 heteroatoms. The number of carbonyl (C=O) groups is 2. The molecule has 0 bridgehead atoms. The number of sulfonamides is 1. The summed E-state index contributed by atoms with van der Waals surface area (Å²) in [6.07, 6.45) is 0.894. The van der Waals surface area contributed by atoms with Gasteiger partial charge >= 0.3 is 11.9 Å². The zero-order chi connectivity index (χ0) is 20.0. The number of ether oxygens (including phenoxy) is 2. The van der Waals surface area contributed by atoms with Crippen molar-refractivity contribution >= 4 is 22.0 Å². The van der Waals surface area contributed by atoms with Gasteiger partial charge in [-0.15, -0.1) is 0 Å². The van der Waals surface area contributed by atoms with Gasteiger partial charge in [-0.05, 0) is 43.4 Å². The largest absolute Gasteiger partial charge is 0.464 e. The van der Waals surface area contributed by atoms with E-state index in [4.69, 9.17) is 9.47 Å². The average Bonchev–Trinajstić information content (AvgIpc) is 2.60. The molecular formula is C18H27NO6S. The van der Waals surface area contributed by atoms with Crippen molar-refractivity contribution in [1.82, 2.24) is 4.72 Å². The topological polar surface area (TPSA) is 98.8 Å². The molecule has 0 atom stereocenters. The van der Waals surface area contributed by atoms with Gasteiger partial charge in [0.15, 0.2) is 0 Å². The minimum Gasteiger partial charge on any atom is -0.464 e. The van der Waals surface area contributed by atoms with Gasteiger partial charge in [0, 0.05) is 0 Å². The number of nitrogens with one attached hydrogen (secondary N) is 1. The minimum absolute atomic E-state index is 0.0112. The molecule has 0 saturated heterocycles. The highest BCUT2D eigenvalue weighted by Crippen LogP contribution is 2.27. The molecule has 1 rings (SSSR count). The molecule has 7 nitrogen and oxygen atoms in total. The van der Waals surface area contributed by atoms with Gasteiger partial charge in [-0.1, -0.05) is 32.9 Å². The van der Waals surface area contributed by atoms with E-state index in [9.17, 15) is 18.0 Å². The SMILES string of the molecule is CCOC(=O)C(NS(=O)(=O)c1ccc(C(C)(C)CC)cc1)C(=O)OCC. The standard InChI is InChI=1S/C18H27NO6S/c1-6-18(4,5)13-9-11-14(12-10-13)26(22,23)19-15(16(20)24-7-2)17(21)25-8-3/h9-12,15,19H,6-8H2,1-5H3. The molecule has 0 heterocycles. The van der Waals surface area contributed by atoms with Gasteiger partial charge in [0.05, 0.1) is 18.1 Å². The van der Waals surface area contributed by atoms with Gasteiger partial charge in [0.1, 0.15) is 0 Å². The Hall–Kier alpha value is -1.93. The maximum absolute atomic E-state index is 12.6. The first kappa shape index (κ1) is 22.1. The highest BCUT2D eigenvalue weighted by atomic mass is 32.2. The van der Waals surface area contributed by atoms with E-state index in [-0.39, 0.29) is 23.5 Å². The summed E-state index contributed by atoms with van der Waals surface area (Å²) < 4.78 is 36.7. The van der Waals surface area contributed by atoms with Crippen LogP contribution in [0.5, 0.6) is 0 Å². The molecule has 1 aromatic rings. The molecule has 0 aliphatic carbocycles. The minimum atomic E-state index is -4.11. The third kappa shape index (κ3) is 5.54. The normalized spacial score (nSPS) is 12.1. The molecule has 1 aromatic carbocycles. The van der Waals surface area contributed by atoms with Crippen molar-refractivity contribution < 1.29 is 27.5 Å². The molecule has 146 valence electrons. The highest BCUT2D eigenvalue weighted by Gasteiger charge is 2.34. The molecule has 0 aromatic heterocycles. The molecule has 1 N–H and O–H groups in total. The van der Waals surface area contributed by atoms with Crippen LogP contribution in [0.15, 0.2) is 29.2 Å². The van der Waals surface area contributed by atoms with Gasteiger partial charge in [0.2, 0.25) is 16.1 Å². The van der Waals surface area contributed by atoms with Crippen LogP contribution in [-0.2, 0) is 34.5 Å². The van der Waals surface area contributed by atoms with Crippen molar-refractivity contribution in [3.8, 4) is 0 Å². The summed E-state index contributed by atoms with van der Waals surface area (Å²) in [4.78, 5) is 23.8. The molecule has 0 aliphatic rings. The Bertz CT molecular complexity index is 707. The Morgan fingerprint density at radius 3 is 1.85 bits per heavy atom. The molecular weight excluding hydrogens is 358 g/mol. The number of esters is 2. The first-order valence-corrected chi connectivity index (χ1v) is 10.0. The molecule has 0 unspecified atom stereocenters. The lowest BCUT2D eigenvalue weighted by atomic mass is 9.82. The van der Waals surface area contributed by atoms with Crippen LogP contribution in [0.1, 0.15) is 46.6 Å². The fraction of sp³-hybridized carbons (Fsp3) is 0.556. The zero-order valence-corrected chi connectivity index (χ0v) is 16.7. The van der Waals surface area contributed by atoms with Gasteiger partial charge in [-0.25, -0.2) is 18.0 Å². The number of hydrogen-bond acceptors (Lipinski definition) is 6. The first-order valence-electron chi connectivity index (χ1n) is 8.55. The second-order valence-electron chi connectivity index (χ2n) is 6.32. The quantitative estimate of drug-likeness (QED) is 0.516. The van der Waals surface area contributed by atoms with Crippen LogP contribution in [0.4, 0.5) is 0 Å². The van der Waals surface area contributed by atoms with E-state index in [2.05, 4.69) is 25.5 Å². The Morgan fingerprint density at radius 1 is 1.00 bits per heavy atom. The number of benzene rings is 1. The van der Waals surface area contributed by atoms with Crippen molar-refractivity contribution in [3.63, 3.8) is 0 Å². The fourth-order valence-corrected chi connectivity index (χ4v) is 3.29. The maximum atomic E-state index is 12.6. The monoisotopic (exact) mass is 385 g/mol. The van der Waals surface area contributed by atoms with Gasteiger partial charge in [-0.2, -0.15) is 4.72 Å². The smallest absolute Gasteiger partial charge is 0.335 e. The lowest BCUT2D eigenvalue weighted by Gasteiger charge is -2.23. The molecule has 0 amide bonds. The van der Waals surface area contributed by atoms with E-state index in [0.29, 0.717) is 0 Å². The molecule has 0 aliphatic heterocycles. The average molecular weight is 385 g/mol. The molecule has 0 saturated carbocycles. The van der Waals surface area contributed by atoms with Gasteiger partial charge in [-0.3, -0.25) is 0 Å². The number of carbonyl (C=O) groups excluding carboxylic acids is 2. The molecule has 26 heavy (non-hydrogen) atoms. The van der Waals surface area contributed by atoms with E-state index < -0.39 is 28.0 Å². The lowest BCUT2D eigenvalue weighted by molar-refractivity contribution is -0.157. The van der Waals surface area contributed by atoms with Crippen molar-refractivity contribution in [1.29, 1.82) is 0 Å². The Balaban J connectivity index is 3.10. The first-order chi connectivity index (χ1) is 12.1. The Morgan fingerprint density at radius 2 is 1.46 bits per heavy atom. The summed E-state index contributed by atoms with van der Waals surface area (Å²) in [5, 5.41) is 0. The second-order valence-corrected chi connectivity index (χ2v) is 8.03. The van der Waals surface area contributed by atoms with Crippen LogP contribution in [0.3, 0.4) is 0 Å². The summed E-state index contributed by atoms with van der Waals surface area (Å²) in [5.41, 5.74) is 0.903. The van der Waals surface area contributed by atoms with E-state index in [1.165, 1.54) is 12.1 Å². The fourth-order valence-electron chi connectivity index (χ4n) is 2.16. The summed E-state index contributed by atoms with van der Waals surface area (Å²) >= 11 is 0. The van der Waals surface area contributed by atoms with E-state index in [1.54, 1.807) is 26.0 Å². The molecule has 0 radical (unpaired) electrons. The third-order valence-corrected chi connectivity index (χ3v) is 5.59. The predicted molar refractivity (Wildman–Crippen MR) is 97.1 cm³/mol. The van der Waals surface area contributed by atoms with E-state index in [0.717, 1.165) is 12.0 Å². The van der Waals surface area contributed by atoms with Crippen LogP contribution >= 0.6 is 0 Å². The van der Waals surface area contributed by atoms with E-state index in [1.807, 2.05) is 0 Å².